The summed E-state index contributed by atoms with van der Waals surface area (Å²) in [6.07, 6.45) is -4.87. The van der Waals surface area contributed by atoms with Crippen molar-refractivity contribution in [1.29, 1.82) is 0 Å². The first kappa shape index (κ1) is 21.1. The van der Waals surface area contributed by atoms with Crippen LogP contribution in [0.5, 0.6) is 11.5 Å². The zero-order chi connectivity index (χ0) is 21.1. The molecule has 0 saturated carbocycles. The second-order valence-corrected chi connectivity index (χ2v) is 8.55. The van der Waals surface area contributed by atoms with E-state index >= 15 is 0 Å². The van der Waals surface area contributed by atoms with E-state index in [2.05, 4.69) is 19.7 Å². The van der Waals surface area contributed by atoms with Crippen molar-refractivity contribution < 1.29 is 31.1 Å². The van der Waals surface area contributed by atoms with Gasteiger partial charge in [0.15, 0.2) is 5.01 Å². The van der Waals surface area contributed by atoms with Gasteiger partial charge in [0.2, 0.25) is 5.13 Å². The molecule has 13 heteroatoms. The molecule has 0 unspecified atom stereocenters. The minimum Gasteiger partial charge on any atom is -0.486 e. The number of benzene rings is 2. The molecule has 0 fully saturated rings. The van der Waals surface area contributed by atoms with Gasteiger partial charge in [-0.25, -0.2) is 8.42 Å². The molecule has 1 N–H and O–H groups in total. The molecule has 3 aromatic rings. The number of alkyl halides is 3. The Labute approximate surface area is 172 Å². The van der Waals surface area contributed by atoms with Gasteiger partial charge in [0.25, 0.3) is 10.0 Å². The Morgan fingerprint density at radius 3 is 2.24 bits per heavy atom. The first-order valence-electron chi connectivity index (χ1n) is 7.70. The van der Waals surface area contributed by atoms with Gasteiger partial charge in [-0.05, 0) is 48.5 Å². The number of rotatable bonds is 7. The molecule has 1 aromatic heterocycles. The monoisotopic (exact) mass is 465 g/mol. The highest BCUT2D eigenvalue weighted by molar-refractivity contribution is 7.93. The van der Waals surface area contributed by atoms with Crippen LogP contribution in [-0.2, 0) is 16.6 Å². The van der Waals surface area contributed by atoms with Crippen molar-refractivity contribution in [3.05, 3.63) is 58.6 Å². The molecular weight excluding hydrogens is 455 g/mol. The summed E-state index contributed by atoms with van der Waals surface area (Å²) in [6.45, 7) is 0.0600. The number of sulfonamides is 1. The highest BCUT2D eigenvalue weighted by atomic mass is 35.5. The highest BCUT2D eigenvalue weighted by Crippen LogP contribution is 2.26. The second-order valence-electron chi connectivity index (χ2n) is 5.37. The zero-order valence-corrected chi connectivity index (χ0v) is 16.6. The minimum absolute atomic E-state index is 0.0182. The quantitative estimate of drug-likeness (QED) is 0.553. The number of anilines is 1. The smallest absolute Gasteiger partial charge is 0.486 e. The molecule has 2 aromatic carbocycles. The van der Waals surface area contributed by atoms with Crippen LogP contribution in [0, 0.1) is 0 Å². The third-order valence-corrected chi connectivity index (χ3v) is 5.78. The van der Waals surface area contributed by atoms with Crippen LogP contribution in [0.1, 0.15) is 5.01 Å². The molecule has 7 nitrogen and oxygen atoms in total. The number of aromatic nitrogens is 2. The average Bonchev–Trinajstić information content (AvgIpc) is 3.07. The average molecular weight is 466 g/mol. The summed E-state index contributed by atoms with van der Waals surface area (Å²) in [5, 5.41) is 8.50. The van der Waals surface area contributed by atoms with Crippen LogP contribution >= 0.6 is 22.9 Å². The van der Waals surface area contributed by atoms with E-state index in [9.17, 15) is 21.6 Å². The van der Waals surface area contributed by atoms with Crippen molar-refractivity contribution in [3.63, 3.8) is 0 Å². The summed E-state index contributed by atoms with van der Waals surface area (Å²) in [5.74, 6) is 0.0156. The molecule has 0 atom stereocenters. The van der Waals surface area contributed by atoms with Gasteiger partial charge in [-0.15, -0.1) is 23.4 Å². The molecule has 0 aliphatic rings. The van der Waals surface area contributed by atoms with Crippen LogP contribution < -0.4 is 14.2 Å². The number of ether oxygens (including phenoxy) is 2. The van der Waals surface area contributed by atoms with Gasteiger partial charge in [0, 0.05) is 5.02 Å². The molecule has 3 rings (SSSR count). The standard InChI is InChI=1S/C16H11ClF3N3O4S2/c17-10-1-3-11(4-2-10)26-9-14-21-22-15(28-14)23-29(24,25)13-7-5-12(6-8-13)27-16(18,19)20/h1-8H,9H2,(H,22,23). The lowest BCUT2D eigenvalue weighted by Gasteiger charge is -2.09. The Morgan fingerprint density at radius 2 is 1.62 bits per heavy atom. The van der Waals surface area contributed by atoms with Gasteiger partial charge in [0.1, 0.15) is 18.1 Å². The van der Waals surface area contributed by atoms with Crippen molar-refractivity contribution in [1.82, 2.24) is 10.2 Å². The summed E-state index contributed by atoms with van der Waals surface area (Å²) in [4.78, 5) is -0.263. The lowest BCUT2D eigenvalue weighted by Crippen LogP contribution is -2.17. The van der Waals surface area contributed by atoms with Gasteiger partial charge in [-0.2, -0.15) is 0 Å². The first-order valence-corrected chi connectivity index (χ1v) is 10.4. The van der Waals surface area contributed by atoms with Crippen LogP contribution in [0.4, 0.5) is 18.3 Å². The zero-order valence-electron chi connectivity index (χ0n) is 14.2. The number of halogens is 4. The summed E-state index contributed by atoms with van der Waals surface area (Å²) < 4.78 is 72.6. The largest absolute Gasteiger partial charge is 0.573 e. The lowest BCUT2D eigenvalue weighted by molar-refractivity contribution is -0.274. The third-order valence-electron chi connectivity index (χ3n) is 3.23. The number of hydrogen-bond acceptors (Lipinski definition) is 7. The van der Waals surface area contributed by atoms with E-state index in [0.29, 0.717) is 15.8 Å². The van der Waals surface area contributed by atoms with Crippen molar-refractivity contribution in [2.75, 3.05) is 4.72 Å². The Bertz CT molecular complexity index is 1070. The fourth-order valence-corrected chi connectivity index (χ4v) is 4.03. The highest BCUT2D eigenvalue weighted by Gasteiger charge is 2.31. The topological polar surface area (TPSA) is 90.4 Å². The maximum atomic E-state index is 12.3. The molecule has 0 amide bonds. The molecule has 29 heavy (non-hydrogen) atoms. The molecule has 0 radical (unpaired) electrons. The number of nitrogens with zero attached hydrogens (tertiary/aromatic N) is 2. The first-order chi connectivity index (χ1) is 13.6. The normalized spacial score (nSPS) is 11.9. The summed E-state index contributed by atoms with van der Waals surface area (Å²) in [5.41, 5.74) is 0. The number of hydrogen-bond donors (Lipinski definition) is 1. The van der Waals surface area contributed by atoms with Crippen LogP contribution in [0.15, 0.2) is 53.4 Å². The molecular formula is C16H11ClF3N3O4S2. The molecule has 0 aliphatic heterocycles. The van der Waals surface area contributed by atoms with E-state index in [0.717, 1.165) is 35.6 Å². The Hall–Kier alpha value is -2.57. The van der Waals surface area contributed by atoms with Crippen molar-refractivity contribution in [2.24, 2.45) is 0 Å². The van der Waals surface area contributed by atoms with E-state index in [1.54, 1.807) is 24.3 Å². The summed E-state index contributed by atoms with van der Waals surface area (Å²) in [6, 6.07) is 10.4. The maximum Gasteiger partial charge on any atom is 0.573 e. The minimum atomic E-state index is -4.87. The Morgan fingerprint density at radius 1 is 1.00 bits per heavy atom. The van der Waals surface area contributed by atoms with Crippen LogP contribution in [-0.4, -0.2) is 25.0 Å². The molecule has 0 aliphatic carbocycles. The van der Waals surface area contributed by atoms with E-state index < -0.39 is 22.1 Å². The van der Waals surface area contributed by atoms with Crippen LogP contribution in [0.3, 0.4) is 0 Å². The SMILES string of the molecule is O=S(=O)(Nc1nnc(COc2ccc(Cl)cc2)s1)c1ccc(OC(F)(F)F)cc1. The van der Waals surface area contributed by atoms with Crippen molar-refractivity contribution in [2.45, 2.75) is 17.9 Å². The van der Waals surface area contributed by atoms with Crippen LogP contribution in [0.2, 0.25) is 5.02 Å². The molecule has 1 heterocycles. The molecule has 0 spiro atoms. The molecule has 0 saturated heterocycles. The van der Waals surface area contributed by atoms with Gasteiger partial charge < -0.3 is 9.47 Å². The van der Waals surface area contributed by atoms with Gasteiger partial charge >= 0.3 is 6.36 Å². The lowest BCUT2D eigenvalue weighted by atomic mass is 10.3. The molecule has 154 valence electrons. The molecule has 0 bridgehead atoms. The Balaban J connectivity index is 1.62. The predicted molar refractivity (Wildman–Crippen MR) is 99.6 cm³/mol. The van der Waals surface area contributed by atoms with Crippen molar-refractivity contribution in [3.8, 4) is 11.5 Å². The fourth-order valence-electron chi connectivity index (χ4n) is 2.02. The Kier molecular flexibility index (Phi) is 6.15. The fraction of sp³-hybridized carbons (Fsp3) is 0.125. The van der Waals surface area contributed by atoms with E-state index in [-0.39, 0.29) is 16.6 Å². The van der Waals surface area contributed by atoms with Gasteiger partial charge in [-0.3, -0.25) is 4.72 Å². The number of nitrogens with one attached hydrogen (secondary N) is 1. The predicted octanol–water partition coefficient (Wildman–Crippen LogP) is 4.47. The van der Waals surface area contributed by atoms with Gasteiger partial charge in [-0.1, -0.05) is 22.9 Å². The van der Waals surface area contributed by atoms with Crippen LogP contribution in [0.25, 0.3) is 0 Å². The van der Waals surface area contributed by atoms with Gasteiger partial charge in [0.05, 0.1) is 4.90 Å². The van der Waals surface area contributed by atoms with E-state index in [4.69, 9.17) is 16.3 Å². The van der Waals surface area contributed by atoms with E-state index in [1.165, 1.54) is 0 Å². The maximum absolute atomic E-state index is 12.3. The second kappa shape index (κ2) is 8.43. The third kappa shape index (κ3) is 6.21. The van der Waals surface area contributed by atoms with E-state index in [1.807, 2.05) is 0 Å². The van der Waals surface area contributed by atoms with Crippen molar-refractivity contribution >= 4 is 38.1 Å². The summed E-state index contributed by atoms with van der Waals surface area (Å²) in [7, 11) is -4.07. The summed E-state index contributed by atoms with van der Waals surface area (Å²) >= 11 is 6.73.